The van der Waals surface area contributed by atoms with E-state index in [0.717, 1.165) is 51.3 Å². The van der Waals surface area contributed by atoms with E-state index in [4.69, 9.17) is 4.74 Å². The van der Waals surface area contributed by atoms with E-state index in [0.29, 0.717) is 12.3 Å². The Labute approximate surface area is 168 Å². The van der Waals surface area contributed by atoms with Crippen molar-refractivity contribution in [2.75, 3.05) is 53.4 Å². The number of piperidine rings is 1. The summed E-state index contributed by atoms with van der Waals surface area (Å²) in [6, 6.07) is 8.29. The molecule has 2 aliphatic rings. The molecular formula is C22H33N3O3. The monoisotopic (exact) mass is 387 g/mol. The fourth-order valence-corrected chi connectivity index (χ4v) is 4.23. The molecule has 0 N–H and O–H groups in total. The molecule has 0 spiro atoms. The van der Waals surface area contributed by atoms with Crippen molar-refractivity contribution in [3.63, 3.8) is 0 Å². The Morgan fingerprint density at radius 3 is 2.68 bits per heavy atom. The average Bonchev–Trinajstić information content (AvgIpc) is 3.11. The molecule has 0 saturated carbocycles. The minimum atomic E-state index is 0.0607. The topological polar surface area (TPSA) is 53.1 Å². The summed E-state index contributed by atoms with van der Waals surface area (Å²) in [6.07, 6.45) is 4.84. The first-order valence-corrected chi connectivity index (χ1v) is 10.4. The number of rotatable bonds is 8. The molecule has 1 atom stereocenters. The second-order valence-corrected chi connectivity index (χ2v) is 8.10. The van der Waals surface area contributed by atoms with Gasteiger partial charge in [0.1, 0.15) is 5.75 Å². The molecule has 2 heterocycles. The van der Waals surface area contributed by atoms with Gasteiger partial charge in [0.25, 0.3) is 0 Å². The van der Waals surface area contributed by atoms with Gasteiger partial charge < -0.3 is 19.4 Å². The molecule has 2 amide bonds. The molecule has 0 aromatic heterocycles. The molecule has 1 aromatic carbocycles. The van der Waals surface area contributed by atoms with E-state index in [2.05, 4.69) is 17.0 Å². The van der Waals surface area contributed by atoms with Gasteiger partial charge in [-0.05, 0) is 55.8 Å². The molecule has 1 aromatic rings. The number of carbonyl (C=O) groups excluding carboxylic acids is 2. The van der Waals surface area contributed by atoms with E-state index >= 15 is 0 Å². The van der Waals surface area contributed by atoms with Gasteiger partial charge >= 0.3 is 0 Å². The number of carbonyl (C=O) groups is 2. The summed E-state index contributed by atoms with van der Waals surface area (Å²) in [7, 11) is 3.56. The summed E-state index contributed by atoms with van der Waals surface area (Å²) in [5.74, 6) is 1.58. The lowest BCUT2D eigenvalue weighted by Gasteiger charge is -2.35. The third-order valence-electron chi connectivity index (χ3n) is 5.93. The van der Waals surface area contributed by atoms with Crippen LogP contribution in [0.15, 0.2) is 24.3 Å². The number of hydrogen-bond acceptors (Lipinski definition) is 4. The third-order valence-corrected chi connectivity index (χ3v) is 5.93. The zero-order chi connectivity index (χ0) is 19.9. The second-order valence-electron chi connectivity index (χ2n) is 8.10. The first-order valence-electron chi connectivity index (χ1n) is 10.4. The fraction of sp³-hybridized carbons (Fsp3) is 0.636. The molecule has 2 fully saturated rings. The Hall–Kier alpha value is -2.08. The molecule has 28 heavy (non-hydrogen) atoms. The van der Waals surface area contributed by atoms with Crippen LogP contribution in [0.4, 0.5) is 0 Å². The van der Waals surface area contributed by atoms with Gasteiger partial charge in [-0.15, -0.1) is 0 Å². The van der Waals surface area contributed by atoms with Crippen molar-refractivity contribution >= 4 is 11.8 Å². The molecule has 0 radical (unpaired) electrons. The number of hydrogen-bond donors (Lipinski definition) is 0. The quantitative estimate of drug-likeness (QED) is 0.685. The van der Waals surface area contributed by atoms with E-state index in [1.54, 1.807) is 12.0 Å². The van der Waals surface area contributed by atoms with Crippen molar-refractivity contribution in [3.8, 4) is 5.75 Å². The van der Waals surface area contributed by atoms with Gasteiger partial charge in [0.05, 0.1) is 13.7 Å². The highest BCUT2D eigenvalue weighted by Gasteiger charge is 2.26. The zero-order valence-corrected chi connectivity index (χ0v) is 17.2. The van der Waals surface area contributed by atoms with Crippen LogP contribution in [0.25, 0.3) is 0 Å². The first kappa shape index (κ1) is 20.6. The summed E-state index contributed by atoms with van der Waals surface area (Å²) in [6.45, 7) is 4.95. The number of likely N-dealkylation sites (tertiary alicyclic amines) is 2. The highest BCUT2D eigenvalue weighted by atomic mass is 16.5. The Bertz CT molecular complexity index is 661. The number of amides is 2. The smallest absolute Gasteiger partial charge is 0.241 e. The van der Waals surface area contributed by atoms with E-state index < -0.39 is 0 Å². The summed E-state index contributed by atoms with van der Waals surface area (Å²) in [4.78, 5) is 30.2. The molecule has 0 bridgehead atoms. The maximum atomic E-state index is 12.5. The molecule has 3 rings (SSSR count). The molecule has 154 valence electrons. The lowest BCUT2D eigenvalue weighted by atomic mass is 9.97. The van der Waals surface area contributed by atoms with Crippen LogP contribution >= 0.6 is 0 Å². The van der Waals surface area contributed by atoms with Gasteiger partial charge in [-0.1, -0.05) is 12.1 Å². The number of ether oxygens (including phenoxy) is 1. The molecule has 6 nitrogen and oxygen atoms in total. The maximum absolute atomic E-state index is 12.5. The average molecular weight is 388 g/mol. The van der Waals surface area contributed by atoms with Crippen molar-refractivity contribution < 1.29 is 14.3 Å². The Morgan fingerprint density at radius 2 is 2.00 bits per heavy atom. The number of nitrogens with zero attached hydrogens (tertiary/aromatic N) is 3. The number of methoxy groups -OCH3 is 1. The second kappa shape index (κ2) is 9.92. The highest BCUT2D eigenvalue weighted by Crippen LogP contribution is 2.19. The zero-order valence-electron chi connectivity index (χ0n) is 17.2. The van der Waals surface area contributed by atoms with Crippen molar-refractivity contribution in [3.05, 3.63) is 29.8 Å². The largest absolute Gasteiger partial charge is 0.497 e. The van der Waals surface area contributed by atoms with Crippen LogP contribution in [-0.2, 0) is 16.0 Å². The van der Waals surface area contributed by atoms with Crippen LogP contribution in [0.5, 0.6) is 5.75 Å². The lowest BCUT2D eigenvalue weighted by Crippen LogP contribution is -2.44. The van der Waals surface area contributed by atoms with Crippen LogP contribution in [-0.4, -0.2) is 79.9 Å². The van der Waals surface area contributed by atoms with Gasteiger partial charge in [0.15, 0.2) is 0 Å². The molecule has 0 aliphatic carbocycles. The Balaban J connectivity index is 1.42. The van der Waals surface area contributed by atoms with Crippen LogP contribution in [0.3, 0.4) is 0 Å². The van der Waals surface area contributed by atoms with Crippen LogP contribution in [0, 0.1) is 5.92 Å². The van der Waals surface area contributed by atoms with Crippen LogP contribution in [0.1, 0.15) is 31.2 Å². The Morgan fingerprint density at radius 1 is 1.21 bits per heavy atom. The predicted molar refractivity (Wildman–Crippen MR) is 109 cm³/mol. The number of likely N-dealkylation sites (N-methyl/N-ethyl adjacent to an activating group) is 1. The van der Waals surface area contributed by atoms with Crippen molar-refractivity contribution in [1.29, 1.82) is 0 Å². The maximum Gasteiger partial charge on any atom is 0.241 e. The van der Waals surface area contributed by atoms with Gasteiger partial charge in [-0.2, -0.15) is 0 Å². The molecule has 6 heteroatoms. The van der Waals surface area contributed by atoms with Gasteiger partial charge in [0, 0.05) is 39.6 Å². The Kier molecular flexibility index (Phi) is 7.31. The van der Waals surface area contributed by atoms with E-state index in [9.17, 15) is 9.59 Å². The standard InChI is InChI=1S/C22H33N3O3/c1-23(22(27)17-25-13-4-6-21(25)26)15-19-5-3-12-24(16-19)14-11-18-7-9-20(28-2)10-8-18/h7-10,19H,3-6,11-17H2,1-2H3/t19-/m1/s1. The SMILES string of the molecule is COc1ccc(CCN2CCC[C@H](CN(C)C(=O)CN3CCCC3=O)C2)cc1. The van der Waals surface area contributed by atoms with Crippen LogP contribution in [0.2, 0.25) is 0 Å². The van der Waals surface area contributed by atoms with Crippen LogP contribution < -0.4 is 4.74 Å². The fourth-order valence-electron chi connectivity index (χ4n) is 4.23. The minimum absolute atomic E-state index is 0.0607. The van der Waals surface area contributed by atoms with Gasteiger partial charge in [-0.3, -0.25) is 9.59 Å². The third kappa shape index (κ3) is 5.71. The summed E-state index contributed by atoms with van der Waals surface area (Å²) in [5, 5.41) is 0. The van der Waals surface area contributed by atoms with E-state index in [1.807, 2.05) is 24.1 Å². The first-order chi connectivity index (χ1) is 13.5. The highest BCUT2D eigenvalue weighted by molar-refractivity contribution is 5.85. The normalized spacial score (nSPS) is 20.4. The van der Waals surface area contributed by atoms with Gasteiger partial charge in [-0.25, -0.2) is 0 Å². The van der Waals surface area contributed by atoms with E-state index in [1.165, 1.54) is 18.4 Å². The van der Waals surface area contributed by atoms with Crippen molar-refractivity contribution in [2.45, 2.75) is 32.1 Å². The molecule has 2 aliphatic heterocycles. The van der Waals surface area contributed by atoms with Gasteiger partial charge in [0.2, 0.25) is 11.8 Å². The minimum Gasteiger partial charge on any atom is -0.497 e. The molecule has 0 unspecified atom stereocenters. The lowest BCUT2D eigenvalue weighted by molar-refractivity contribution is -0.138. The molecule has 2 saturated heterocycles. The summed E-state index contributed by atoms with van der Waals surface area (Å²) in [5.41, 5.74) is 1.32. The summed E-state index contributed by atoms with van der Waals surface area (Å²) >= 11 is 0. The van der Waals surface area contributed by atoms with Crippen molar-refractivity contribution in [1.82, 2.24) is 14.7 Å². The van der Waals surface area contributed by atoms with Crippen molar-refractivity contribution in [2.24, 2.45) is 5.92 Å². The number of benzene rings is 1. The molecular weight excluding hydrogens is 354 g/mol. The van der Waals surface area contributed by atoms with E-state index in [-0.39, 0.29) is 18.4 Å². The summed E-state index contributed by atoms with van der Waals surface area (Å²) < 4.78 is 5.22. The predicted octanol–water partition coefficient (Wildman–Crippen LogP) is 2.03.